The molecule has 1 amide bonds. The van der Waals surface area contributed by atoms with Gasteiger partial charge in [-0.1, -0.05) is 23.7 Å². The van der Waals surface area contributed by atoms with E-state index >= 15 is 0 Å². The molecule has 0 aliphatic carbocycles. The van der Waals surface area contributed by atoms with Gasteiger partial charge >= 0.3 is 0 Å². The highest BCUT2D eigenvalue weighted by Gasteiger charge is 2.38. The van der Waals surface area contributed by atoms with Gasteiger partial charge in [0.05, 0.1) is 11.5 Å². The summed E-state index contributed by atoms with van der Waals surface area (Å²) in [7, 11) is 1.88. The molecule has 0 aromatic heterocycles. The van der Waals surface area contributed by atoms with Crippen molar-refractivity contribution in [2.24, 2.45) is 5.41 Å². The molecule has 2 atom stereocenters. The van der Waals surface area contributed by atoms with Crippen LogP contribution in [0.4, 0.5) is 0 Å². The quantitative estimate of drug-likeness (QED) is 0.928. The predicted molar refractivity (Wildman–Crippen MR) is 82.8 cm³/mol. The lowest BCUT2D eigenvalue weighted by Gasteiger charge is -2.38. The van der Waals surface area contributed by atoms with Gasteiger partial charge in [0.2, 0.25) is 5.91 Å². The molecule has 1 fully saturated rings. The summed E-state index contributed by atoms with van der Waals surface area (Å²) < 4.78 is 0. The SMILES string of the molecule is CC(c1cccc(Cl)c1)N(C)C(=O)C1(C)CCCNC1. The standard InChI is InChI=1S/C16H23ClN2O/c1-12(13-6-4-7-14(17)10-13)19(3)15(20)16(2)8-5-9-18-11-16/h4,6-7,10,12,18H,5,8-9,11H2,1-3H3. The van der Waals surface area contributed by atoms with Crippen LogP contribution in [0.1, 0.15) is 38.3 Å². The fourth-order valence-electron chi connectivity index (χ4n) is 2.83. The van der Waals surface area contributed by atoms with Crippen molar-refractivity contribution in [3.05, 3.63) is 34.9 Å². The zero-order chi connectivity index (χ0) is 14.8. The second kappa shape index (κ2) is 6.15. The Kier molecular flexibility index (Phi) is 4.71. The minimum atomic E-state index is -0.292. The Balaban J connectivity index is 2.13. The van der Waals surface area contributed by atoms with E-state index in [4.69, 9.17) is 11.6 Å². The number of hydrogen-bond acceptors (Lipinski definition) is 2. The number of halogens is 1. The van der Waals surface area contributed by atoms with Crippen LogP contribution in [0.25, 0.3) is 0 Å². The molecular weight excluding hydrogens is 272 g/mol. The molecule has 3 nitrogen and oxygen atoms in total. The number of carbonyl (C=O) groups excluding carboxylic acids is 1. The van der Waals surface area contributed by atoms with Gasteiger partial charge in [-0.3, -0.25) is 4.79 Å². The Labute approximate surface area is 126 Å². The van der Waals surface area contributed by atoms with Crippen LogP contribution in [0.15, 0.2) is 24.3 Å². The van der Waals surface area contributed by atoms with Gasteiger partial charge in [-0.25, -0.2) is 0 Å². The lowest BCUT2D eigenvalue weighted by molar-refractivity contribution is -0.142. The van der Waals surface area contributed by atoms with Crippen LogP contribution < -0.4 is 5.32 Å². The first kappa shape index (κ1) is 15.3. The van der Waals surface area contributed by atoms with Crippen molar-refractivity contribution >= 4 is 17.5 Å². The second-order valence-corrected chi connectivity index (χ2v) is 6.42. The topological polar surface area (TPSA) is 32.3 Å². The van der Waals surface area contributed by atoms with Crippen molar-refractivity contribution in [2.45, 2.75) is 32.7 Å². The van der Waals surface area contributed by atoms with E-state index < -0.39 is 0 Å². The van der Waals surface area contributed by atoms with E-state index in [1.165, 1.54) is 0 Å². The summed E-state index contributed by atoms with van der Waals surface area (Å²) in [5.74, 6) is 0.206. The molecule has 1 aromatic carbocycles. The third-order valence-corrected chi connectivity index (χ3v) is 4.58. The van der Waals surface area contributed by atoms with Gasteiger partial charge in [-0.05, 0) is 50.9 Å². The van der Waals surface area contributed by atoms with Crippen molar-refractivity contribution < 1.29 is 4.79 Å². The minimum Gasteiger partial charge on any atom is -0.338 e. The summed E-state index contributed by atoms with van der Waals surface area (Å²) in [5, 5.41) is 4.04. The summed E-state index contributed by atoms with van der Waals surface area (Å²) >= 11 is 6.04. The maximum Gasteiger partial charge on any atom is 0.230 e. The highest BCUT2D eigenvalue weighted by atomic mass is 35.5. The Hall–Kier alpha value is -1.06. The van der Waals surface area contributed by atoms with Crippen LogP contribution in [0.3, 0.4) is 0 Å². The van der Waals surface area contributed by atoms with Gasteiger partial charge in [0.15, 0.2) is 0 Å². The van der Waals surface area contributed by atoms with Crippen molar-refractivity contribution in [3.8, 4) is 0 Å². The molecule has 4 heteroatoms. The van der Waals surface area contributed by atoms with E-state index in [1.807, 2.05) is 43.1 Å². The predicted octanol–water partition coefficient (Wildman–Crippen LogP) is 3.25. The molecule has 0 radical (unpaired) electrons. The number of nitrogens with one attached hydrogen (secondary N) is 1. The first-order valence-corrected chi connectivity index (χ1v) is 7.55. The van der Waals surface area contributed by atoms with Crippen molar-refractivity contribution in [1.82, 2.24) is 10.2 Å². The summed E-state index contributed by atoms with van der Waals surface area (Å²) in [4.78, 5) is 14.6. The fraction of sp³-hybridized carbons (Fsp3) is 0.562. The van der Waals surface area contributed by atoms with Gasteiger partial charge in [0, 0.05) is 18.6 Å². The molecule has 2 unspecified atom stereocenters. The Morgan fingerprint density at radius 1 is 1.50 bits per heavy atom. The first-order chi connectivity index (χ1) is 9.44. The van der Waals surface area contributed by atoms with Crippen molar-refractivity contribution in [3.63, 3.8) is 0 Å². The number of carbonyl (C=O) groups is 1. The molecule has 20 heavy (non-hydrogen) atoms. The molecule has 110 valence electrons. The fourth-order valence-corrected chi connectivity index (χ4v) is 3.03. The van der Waals surface area contributed by atoms with E-state index in [-0.39, 0.29) is 17.4 Å². The van der Waals surface area contributed by atoms with Gasteiger partial charge in [-0.15, -0.1) is 0 Å². The van der Waals surface area contributed by atoms with E-state index in [0.29, 0.717) is 5.02 Å². The Morgan fingerprint density at radius 2 is 2.25 bits per heavy atom. The maximum absolute atomic E-state index is 12.8. The van der Waals surface area contributed by atoms with Crippen LogP contribution in [0, 0.1) is 5.41 Å². The van der Waals surface area contributed by atoms with E-state index in [0.717, 1.165) is 31.5 Å². The summed E-state index contributed by atoms with van der Waals surface area (Å²) in [5.41, 5.74) is 0.778. The molecule has 1 heterocycles. The third kappa shape index (κ3) is 3.15. The summed E-state index contributed by atoms with van der Waals surface area (Å²) in [6, 6.07) is 7.75. The zero-order valence-electron chi connectivity index (χ0n) is 12.4. The van der Waals surface area contributed by atoms with E-state index in [9.17, 15) is 4.79 Å². The largest absolute Gasteiger partial charge is 0.338 e. The molecule has 2 rings (SSSR count). The number of benzene rings is 1. The van der Waals surface area contributed by atoms with E-state index in [1.54, 1.807) is 0 Å². The normalized spacial score (nSPS) is 24.2. The molecule has 1 aliphatic heterocycles. The molecule has 0 bridgehead atoms. The van der Waals surface area contributed by atoms with Gasteiger partial charge in [0.1, 0.15) is 0 Å². The number of piperidine rings is 1. The zero-order valence-corrected chi connectivity index (χ0v) is 13.2. The van der Waals surface area contributed by atoms with Crippen molar-refractivity contribution in [2.75, 3.05) is 20.1 Å². The minimum absolute atomic E-state index is 0.0277. The molecule has 1 aliphatic rings. The smallest absolute Gasteiger partial charge is 0.230 e. The maximum atomic E-state index is 12.8. The number of amides is 1. The summed E-state index contributed by atoms with van der Waals surface area (Å²) in [6.07, 6.45) is 2.01. The van der Waals surface area contributed by atoms with Crippen LogP contribution in [-0.2, 0) is 4.79 Å². The molecule has 0 saturated carbocycles. The highest BCUT2D eigenvalue weighted by Crippen LogP contribution is 2.31. The van der Waals surface area contributed by atoms with Crippen LogP contribution >= 0.6 is 11.6 Å². The molecule has 1 aromatic rings. The van der Waals surface area contributed by atoms with Gasteiger partial charge in [0.25, 0.3) is 0 Å². The molecule has 1 N–H and O–H groups in total. The van der Waals surface area contributed by atoms with Gasteiger partial charge in [-0.2, -0.15) is 0 Å². The number of hydrogen-bond donors (Lipinski definition) is 1. The monoisotopic (exact) mass is 294 g/mol. The summed E-state index contributed by atoms with van der Waals surface area (Å²) in [6.45, 7) is 5.88. The first-order valence-electron chi connectivity index (χ1n) is 7.17. The number of rotatable bonds is 3. The number of nitrogens with zero attached hydrogens (tertiary/aromatic N) is 1. The van der Waals surface area contributed by atoms with E-state index in [2.05, 4.69) is 12.2 Å². The average Bonchev–Trinajstić information content (AvgIpc) is 2.45. The second-order valence-electron chi connectivity index (χ2n) is 5.99. The van der Waals surface area contributed by atoms with Crippen LogP contribution in [-0.4, -0.2) is 30.9 Å². The Bertz CT molecular complexity index is 483. The highest BCUT2D eigenvalue weighted by molar-refractivity contribution is 6.30. The van der Waals surface area contributed by atoms with Crippen LogP contribution in [0.5, 0.6) is 0 Å². The molecular formula is C16H23ClN2O. The van der Waals surface area contributed by atoms with Crippen LogP contribution in [0.2, 0.25) is 5.02 Å². The van der Waals surface area contributed by atoms with Gasteiger partial charge < -0.3 is 10.2 Å². The molecule has 0 spiro atoms. The lowest BCUT2D eigenvalue weighted by Crippen LogP contribution is -2.49. The Morgan fingerprint density at radius 3 is 2.85 bits per heavy atom. The lowest BCUT2D eigenvalue weighted by atomic mass is 9.81. The average molecular weight is 295 g/mol. The molecule has 1 saturated heterocycles. The van der Waals surface area contributed by atoms with Crippen molar-refractivity contribution in [1.29, 1.82) is 0 Å². The third-order valence-electron chi connectivity index (χ3n) is 4.35.